The largest absolute Gasteiger partial charge is 0.507 e. The van der Waals surface area contributed by atoms with Gasteiger partial charge in [0.15, 0.2) is 4.32 Å². The normalized spacial score (nSPS) is 15.8. The number of aromatic carboxylic acids is 1. The Kier molecular flexibility index (Phi) is 4.99. The minimum Gasteiger partial charge on any atom is -0.507 e. The van der Waals surface area contributed by atoms with Crippen LogP contribution in [0.4, 0.5) is 10.1 Å². The summed E-state index contributed by atoms with van der Waals surface area (Å²) >= 11 is 12.1. The Morgan fingerprint density at radius 1 is 1.31 bits per heavy atom. The number of halogens is 2. The van der Waals surface area contributed by atoms with E-state index in [2.05, 4.69) is 0 Å². The monoisotopic (exact) mass is 409 g/mol. The van der Waals surface area contributed by atoms with Crippen molar-refractivity contribution in [3.8, 4) is 5.75 Å². The summed E-state index contributed by atoms with van der Waals surface area (Å²) in [7, 11) is 0. The van der Waals surface area contributed by atoms with Crippen molar-refractivity contribution in [2.75, 3.05) is 4.90 Å². The highest BCUT2D eigenvalue weighted by Gasteiger charge is 2.34. The zero-order chi connectivity index (χ0) is 19.0. The van der Waals surface area contributed by atoms with Crippen LogP contribution in [0.3, 0.4) is 0 Å². The van der Waals surface area contributed by atoms with Gasteiger partial charge >= 0.3 is 5.97 Å². The average molecular weight is 410 g/mol. The Bertz CT molecular complexity index is 972. The van der Waals surface area contributed by atoms with Gasteiger partial charge in [0.1, 0.15) is 17.1 Å². The zero-order valence-corrected chi connectivity index (χ0v) is 15.2. The van der Waals surface area contributed by atoms with Crippen molar-refractivity contribution in [1.82, 2.24) is 0 Å². The summed E-state index contributed by atoms with van der Waals surface area (Å²) in [4.78, 5) is 25.1. The Morgan fingerprint density at radius 2 is 2.04 bits per heavy atom. The second kappa shape index (κ2) is 7.06. The molecule has 1 aliphatic rings. The molecule has 3 rings (SSSR count). The zero-order valence-electron chi connectivity index (χ0n) is 12.8. The maximum atomic E-state index is 13.9. The van der Waals surface area contributed by atoms with Crippen LogP contribution in [0.5, 0.6) is 5.75 Å². The molecule has 1 aliphatic heterocycles. The minimum atomic E-state index is -1.34. The second-order valence-corrected chi connectivity index (χ2v) is 7.24. The van der Waals surface area contributed by atoms with Gasteiger partial charge in [-0.3, -0.25) is 9.69 Å². The summed E-state index contributed by atoms with van der Waals surface area (Å²) in [6.07, 6.45) is 1.30. The molecule has 0 radical (unpaired) electrons. The summed E-state index contributed by atoms with van der Waals surface area (Å²) in [5.41, 5.74) is -0.116. The molecule has 2 aromatic carbocycles. The highest BCUT2D eigenvalue weighted by molar-refractivity contribution is 8.27. The molecule has 0 bridgehead atoms. The molecule has 0 atom stereocenters. The number of thiocarbonyl (C=S) groups is 1. The molecule has 0 spiro atoms. The van der Waals surface area contributed by atoms with Gasteiger partial charge in [-0.05, 0) is 36.4 Å². The van der Waals surface area contributed by atoms with Gasteiger partial charge in [-0.1, -0.05) is 41.6 Å². The van der Waals surface area contributed by atoms with E-state index >= 15 is 0 Å². The lowest BCUT2D eigenvalue weighted by atomic mass is 10.1. The van der Waals surface area contributed by atoms with E-state index in [4.69, 9.17) is 28.9 Å². The van der Waals surface area contributed by atoms with E-state index in [0.717, 1.165) is 28.8 Å². The van der Waals surface area contributed by atoms with Crippen LogP contribution in [0.15, 0.2) is 41.3 Å². The number of nitrogens with zero attached hydrogens (tertiary/aromatic N) is 1. The van der Waals surface area contributed by atoms with Crippen molar-refractivity contribution in [3.63, 3.8) is 0 Å². The number of carboxylic acids is 1. The number of hydrogen-bond donors (Lipinski definition) is 2. The SMILES string of the molecule is O=C(O)c1cc(N2C(=O)C(=Cc3c(F)cccc3Cl)SC2=S)ccc1O. The number of thioether (sulfide) groups is 1. The maximum Gasteiger partial charge on any atom is 0.339 e. The van der Waals surface area contributed by atoms with Crippen LogP contribution in [-0.4, -0.2) is 26.4 Å². The summed E-state index contributed by atoms with van der Waals surface area (Å²) in [6, 6.07) is 7.83. The van der Waals surface area contributed by atoms with Gasteiger partial charge in [-0.2, -0.15) is 0 Å². The van der Waals surface area contributed by atoms with E-state index in [0.29, 0.717) is 0 Å². The predicted molar refractivity (Wildman–Crippen MR) is 102 cm³/mol. The number of rotatable bonds is 3. The lowest BCUT2D eigenvalue weighted by Gasteiger charge is -2.15. The van der Waals surface area contributed by atoms with Gasteiger partial charge in [0.25, 0.3) is 5.91 Å². The van der Waals surface area contributed by atoms with Gasteiger partial charge in [0.2, 0.25) is 0 Å². The fourth-order valence-electron chi connectivity index (χ4n) is 2.30. The first-order valence-corrected chi connectivity index (χ1v) is 8.68. The smallest absolute Gasteiger partial charge is 0.339 e. The number of aromatic hydroxyl groups is 1. The molecule has 1 amide bonds. The van der Waals surface area contributed by atoms with Crippen LogP contribution in [0.25, 0.3) is 6.08 Å². The number of amides is 1. The van der Waals surface area contributed by atoms with Crippen LogP contribution in [0.2, 0.25) is 5.02 Å². The number of hydrogen-bond acceptors (Lipinski definition) is 5. The van der Waals surface area contributed by atoms with Crippen LogP contribution in [0, 0.1) is 5.82 Å². The number of carbonyl (C=O) groups excluding carboxylic acids is 1. The van der Waals surface area contributed by atoms with Crippen molar-refractivity contribution >= 4 is 63.5 Å². The lowest BCUT2D eigenvalue weighted by molar-refractivity contribution is -0.113. The topological polar surface area (TPSA) is 77.8 Å². The molecule has 9 heteroatoms. The summed E-state index contributed by atoms with van der Waals surface area (Å²) in [5, 5.41) is 18.8. The van der Waals surface area contributed by atoms with Crippen LogP contribution < -0.4 is 4.90 Å². The molecule has 0 aromatic heterocycles. The van der Waals surface area contributed by atoms with Crippen molar-refractivity contribution in [3.05, 3.63) is 63.3 Å². The molecule has 1 saturated heterocycles. The van der Waals surface area contributed by atoms with E-state index in [1.807, 2.05) is 0 Å². The fourth-order valence-corrected chi connectivity index (χ4v) is 3.80. The maximum absolute atomic E-state index is 13.9. The van der Waals surface area contributed by atoms with E-state index < -0.39 is 23.4 Å². The van der Waals surface area contributed by atoms with Gasteiger partial charge < -0.3 is 10.2 Å². The molecular formula is C17H9ClFNO4S2. The molecule has 1 heterocycles. The molecule has 2 N–H and O–H groups in total. The molecule has 0 saturated carbocycles. The third-order valence-corrected chi connectivity index (χ3v) is 5.17. The lowest BCUT2D eigenvalue weighted by Crippen LogP contribution is -2.27. The first-order valence-electron chi connectivity index (χ1n) is 7.08. The molecule has 0 unspecified atom stereocenters. The number of phenols is 1. The van der Waals surface area contributed by atoms with Gasteiger partial charge in [0.05, 0.1) is 15.6 Å². The summed E-state index contributed by atoms with van der Waals surface area (Å²) < 4.78 is 14.1. The molecule has 26 heavy (non-hydrogen) atoms. The molecular weight excluding hydrogens is 401 g/mol. The molecule has 132 valence electrons. The number of benzene rings is 2. The first kappa shape index (κ1) is 18.4. The van der Waals surface area contributed by atoms with Crippen molar-refractivity contribution in [1.29, 1.82) is 0 Å². The van der Waals surface area contributed by atoms with E-state index in [1.54, 1.807) is 0 Å². The molecule has 2 aromatic rings. The first-order chi connectivity index (χ1) is 12.3. The summed E-state index contributed by atoms with van der Waals surface area (Å²) in [6.45, 7) is 0. The Labute approximate surface area is 161 Å². The van der Waals surface area contributed by atoms with Crippen LogP contribution in [0.1, 0.15) is 15.9 Å². The number of carboxylic acid groups (broad SMARTS) is 1. The third-order valence-electron chi connectivity index (χ3n) is 3.54. The minimum absolute atomic E-state index is 0.0617. The standard InChI is InChI=1S/C17H9ClFNO4S2/c18-11-2-1-3-12(19)9(11)7-14-15(22)20(17(25)26-14)8-4-5-13(21)10(6-8)16(23)24/h1-7,21H,(H,23,24). The van der Waals surface area contributed by atoms with Gasteiger partial charge in [0, 0.05) is 5.56 Å². The highest BCUT2D eigenvalue weighted by Crippen LogP contribution is 2.38. The van der Waals surface area contributed by atoms with E-state index in [9.17, 15) is 19.1 Å². The highest BCUT2D eigenvalue weighted by atomic mass is 35.5. The molecule has 5 nitrogen and oxygen atoms in total. The molecule has 1 fully saturated rings. The Hall–Kier alpha value is -2.42. The number of anilines is 1. The quantitative estimate of drug-likeness (QED) is 0.581. The number of carbonyl (C=O) groups is 2. The average Bonchev–Trinajstić information content (AvgIpc) is 2.85. The van der Waals surface area contributed by atoms with Crippen LogP contribution >= 0.6 is 35.6 Å². The predicted octanol–water partition coefficient (Wildman–Crippen LogP) is 4.29. The summed E-state index contributed by atoms with van der Waals surface area (Å²) in [5.74, 6) is -2.90. The van der Waals surface area contributed by atoms with Crippen molar-refractivity contribution in [2.24, 2.45) is 0 Å². The van der Waals surface area contributed by atoms with Gasteiger partial charge in [-0.25, -0.2) is 9.18 Å². The Balaban J connectivity index is 2.02. The van der Waals surface area contributed by atoms with Gasteiger partial charge in [-0.15, -0.1) is 0 Å². The third kappa shape index (κ3) is 3.31. The van der Waals surface area contributed by atoms with Crippen molar-refractivity contribution in [2.45, 2.75) is 0 Å². The molecule has 0 aliphatic carbocycles. The van der Waals surface area contributed by atoms with E-state index in [-0.39, 0.29) is 31.1 Å². The van der Waals surface area contributed by atoms with Crippen molar-refractivity contribution < 1.29 is 24.2 Å². The van der Waals surface area contributed by atoms with Crippen LogP contribution in [-0.2, 0) is 4.79 Å². The fraction of sp³-hybridized carbons (Fsp3) is 0. The van der Waals surface area contributed by atoms with E-state index in [1.165, 1.54) is 30.3 Å². The Morgan fingerprint density at radius 3 is 2.69 bits per heavy atom. The second-order valence-electron chi connectivity index (χ2n) is 5.16.